The molecule has 0 aromatic heterocycles. The van der Waals surface area contributed by atoms with E-state index in [9.17, 15) is 9.59 Å². The number of amides is 2. The molecule has 1 fully saturated rings. The number of rotatable bonds is 5. The number of fused-ring (bicyclic) bond motifs is 9. The molecule has 2 N–H and O–H groups in total. The number of carbonyl (C=O) groups is 2. The summed E-state index contributed by atoms with van der Waals surface area (Å²) < 4.78 is 23.5. The quantitative estimate of drug-likeness (QED) is 0.467. The Bertz CT molecular complexity index is 1430. The summed E-state index contributed by atoms with van der Waals surface area (Å²) in [6, 6.07) is 21.1. The summed E-state index contributed by atoms with van der Waals surface area (Å²) in [6.45, 7) is 2.35. The highest BCUT2D eigenvalue weighted by atomic mass is 16.5. The SMILES string of the molecule is COc1cc2ccc1CNC(=O)CCc1ccc(OC)c(c1)OCC(=O)N[C@@H]1CN(CC=Cc3ccccc3)CC[C@@H]1O2. The zero-order valence-electron chi connectivity index (χ0n) is 24.7. The maximum Gasteiger partial charge on any atom is 0.258 e. The van der Waals surface area contributed by atoms with Gasteiger partial charge < -0.3 is 29.6 Å². The number of nitrogens with zero attached hydrogens (tertiary/aromatic N) is 1. The predicted octanol–water partition coefficient (Wildman–Crippen LogP) is 4.00. The smallest absolute Gasteiger partial charge is 0.258 e. The summed E-state index contributed by atoms with van der Waals surface area (Å²) in [7, 11) is 3.16. The van der Waals surface area contributed by atoms with Crippen molar-refractivity contribution in [1.82, 2.24) is 15.5 Å². The molecule has 3 aliphatic heterocycles. The number of ether oxygens (including phenoxy) is 4. The van der Waals surface area contributed by atoms with E-state index in [0.717, 1.165) is 36.2 Å². The van der Waals surface area contributed by atoms with Crippen LogP contribution in [0.1, 0.15) is 29.5 Å². The maximum absolute atomic E-state index is 13.2. The monoisotopic (exact) mass is 585 g/mol. The molecule has 2 amide bonds. The lowest BCUT2D eigenvalue weighted by atomic mass is 10.0. The molecule has 0 spiro atoms. The molecule has 3 aromatic rings. The molecule has 3 heterocycles. The molecule has 4 bridgehead atoms. The van der Waals surface area contributed by atoms with Crippen molar-refractivity contribution in [3.63, 3.8) is 0 Å². The second-order valence-electron chi connectivity index (χ2n) is 10.7. The van der Waals surface area contributed by atoms with Crippen LogP contribution in [0, 0.1) is 0 Å². The normalized spacial score (nSPS) is 20.0. The fraction of sp³-hybridized carbons (Fsp3) is 0.353. The minimum atomic E-state index is -0.268. The fourth-order valence-corrected chi connectivity index (χ4v) is 5.39. The number of nitrogens with one attached hydrogen (secondary N) is 2. The van der Waals surface area contributed by atoms with E-state index < -0.39 is 0 Å². The molecule has 0 radical (unpaired) electrons. The summed E-state index contributed by atoms with van der Waals surface area (Å²) in [5.41, 5.74) is 2.91. The molecule has 3 aliphatic rings. The first kappa shape index (κ1) is 30.0. The molecule has 0 unspecified atom stereocenters. The van der Waals surface area contributed by atoms with E-state index in [4.69, 9.17) is 18.9 Å². The third kappa shape index (κ3) is 8.29. The summed E-state index contributed by atoms with van der Waals surface area (Å²) in [4.78, 5) is 28.1. The zero-order chi connectivity index (χ0) is 30.0. The third-order valence-corrected chi connectivity index (χ3v) is 7.70. The first-order valence-corrected chi connectivity index (χ1v) is 14.6. The van der Waals surface area contributed by atoms with Crippen LogP contribution in [0.2, 0.25) is 0 Å². The lowest BCUT2D eigenvalue weighted by molar-refractivity contribution is -0.125. The van der Waals surface area contributed by atoms with Gasteiger partial charge in [-0.25, -0.2) is 0 Å². The first-order chi connectivity index (χ1) is 21.0. The molecule has 1 saturated heterocycles. The van der Waals surface area contributed by atoms with Crippen LogP contribution in [-0.4, -0.2) is 69.3 Å². The minimum absolute atomic E-state index is 0.0776. The van der Waals surface area contributed by atoms with E-state index in [-0.39, 0.29) is 30.6 Å². The van der Waals surface area contributed by atoms with Gasteiger partial charge in [0.15, 0.2) is 18.1 Å². The van der Waals surface area contributed by atoms with Gasteiger partial charge in [-0.2, -0.15) is 0 Å². The fourth-order valence-electron chi connectivity index (χ4n) is 5.39. The number of likely N-dealkylation sites (tertiary alicyclic amines) is 1. The standard InChI is InChI=1S/C34H39N3O6/c1-40-30-14-10-25-11-15-33(38)35-21-26-12-13-27(20-31(26)41-2)43-29-16-18-37(17-6-9-24-7-4-3-5-8-24)22-28(29)36-34(39)23-42-32(30)19-25/h3-10,12-14,19-20,28-29H,11,15-18,21-23H2,1-2H3,(H,35,38)(H,36,39)/t28-,29+/m1/s1. The summed E-state index contributed by atoms with van der Waals surface area (Å²) >= 11 is 0. The Morgan fingerprint density at radius 3 is 2.60 bits per heavy atom. The zero-order valence-corrected chi connectivity index (χ0v) is 24.7. The van der Waals surface area contributed by atoms with Gasteiger partial charge in [0.2, 0.25) is 5.91 Å². The molecular weight excluding hydrogens is 546 g/mol. The third-order valence-electron chi connectivity index (χ3n) is 7.70. The van der Waals surface area contributed by atoms with Crippen molar-refractivity contribution in [2.45, 2.75) is 38.0 Å². The Morgan fingerprint density at radius 1 is 0.953 bits per heavy atom. The van der Waals surface area contributed by atoms with Crippen molar-refractivity contribution in [3.8, 4) is 23.0 Å². The maximum atomic E-state index is 13.2. The lowest BCUT2D eigenvalue weighted by Gasteiger charge is -2.38. The van der Waals surface area contributed by atoms with Gasteiger partial charge in [-0.1, -0.05) is 48.6 Å². The van der Waals surface area contributed by atoms with Gasteiger partial charge in [0, 0.05) is 44.2 Å². The second kappa shape index (κ2) is 14.6. The Balaban J connectivity index is 1.36. The van der Waals surface area contributed by atoms with Crippen LogP contribution in [0.3, 0.4) is 0 Å². The number of benzene rings is 3. The number of aryl methyl sites for hydroxylation is 1. The van der Waals surface area contributed by atoms with Crippen molar-refractivity contribution in [2.75, 3.05) is 40.5 Å². The number of piperidine rings is 1. The van der Waals surface area contributed by atoms with Crippen LogP contribution in [0.4, 0.5) is 0 Å². The van der Waals surface area contributed by atoms with E-state index >= 15 is 0 Å². The van der Waals surface area contributed by atoms with Crippen molar-refractivity contribution < 1.29 is 28.5 Å². The molecule has 6 rings (SSSR count). The number of hydrogen-bond acceptors (Lipinski definition) is 7. The highest BCUT2D eigenvalue weighted by Gasteiger charge is 2.32. The van der Waals surface area contributed by atoms with E-state index in [1.54, 1.807) is 20.3 Å². The van der Waals surface area contributed by atoms with Gasteiger partial charge in [-0.05, 0) is 48.2 Å². The van der Waals surface area contributed by atoms with E-state index in [2.05, 4.69) is 39.8 Å². The topological polar surface area (TPSA) is 98.4 Å². The Kier molecular flexibility index (Phi) is 10.2. The van der Waals surface area contributed by atoms with Crippen LogP contribution in [0.15, 0.2) is 72.8 Å². The summed E-state index contributed by atoms with van der Waals surface area (Å²) in [5.74, 6) is 1.93. The number of carbonyl (C=O) groups excluding carboxylic acids is 2. The minimum Gasteiger partial charge on any atom is -0.496 e. The Morgan fingerprint density at radius 2 is 1.79 bits per heavy atom. The average Bonchev–Trinajstić information content (AvgIpc) is 3.03. The van der Waals surface area contributed by atoms with Crippen molar-refractivity contribution in [1.29, 1.82) is 0 Å². The van der Waals surface area contributed by atoms with Crippen molar-refractivity contribution in [2.24, 2.45) is 0 Å². The van der Waals surface area contributed by atoms with E-state index in [1.807, 2.05) is 48.5 Å². The van der Waals surface area contributed by atoms with Crippen LogP contribution >= 0.6 is 0 Å². The van der Waals surface area contributed by atoms with E-state index in [1.165, 1.54) is 0 Å². The number of hydrogen-bond donors (Lipinski definition) is 2. The predicted molar refractivity (Wildman–Crippen MR) is 165 cm³/mol. The van der Waals surface area contributed by atoms with Crippen LogP contribution in [0.25, 0.3) is 6.08 Å². The average molecular weight is 586 g/mol. The van der Waals surface area contributed by atoms with Crippen LogP contribution in [-0.2, 0) is 22.6 Å². The van der Waals surface area contributed by atoms with Gasteiger partial charge >= 0.3 is 0 Å². The molecule has 0 aliphatic carbocycles. The van der Waals surface area contributed by atoms with Crippen LogP contribution < -0.4 is 29.6 Å². The molecule has 43 heavy (non-hydrogen) atoms. The Labute approximate surface area is 252 Å². The Hall–Kier alpha value is -4.50. The molecule has 226 valence electrons. The molecule has 3 aromatic carbocycles. The summed E-state index contributed by atoms with van der Waals surface area (Å²) in [6.07, 6.45) is 5.54. The molecule has 9 heteroatoms. The van der Waals surface area contributed by atoms with Gasteiger partial charge in [0.25, 0.3) is 5.91 Å². The molecular formula is C34H39N3O6. The van der Waals surface area contributed by atoms with Crippen molar-refractivity contribution >= 4 is 17.9 Å². The molecule has 9 nitrogen and oxygen atoms in total. The van der Waals surface area contributed by atoms with Gasteiger partial charge in [-0.3, -0.25) is 14.5 Å². The van der Waals surface area contributed by atoms with Crippen LogP contribution in [0.5, 0.6) is 23.0 Å². The first-order valence-electron chi connectivity index (χ1n) is 14.6. The lowest BCUT2D eigenvalue weighted by Crippen LogP contribution is -2.57. The molecule has 2 atom stereocenters. The van der Waals surface area contributed by atoms with Crippen molar-refractivity contribution in [3.05, 3.63) is 89.5 Å². The van der Waals surface area contributed by atoms with Gasteiger partial charge in [-0.15, -0.1) is 0 Å². The van der Waals surface area contributed by atoms with Gasteiger partial charge in [0.05, 0.1) is 20.3 Å². The summed E-state index contributed by atoms with van der Waals surface area (Å²) in [5, 5.41) is 6.14. The molecule has 0 saturated carbocycles. The van der Waals surface area contributed by atoms with Gasteiger partial charge in [0.1, 0.15) is 17.6 Å². The second-order valence-corrected chi connectivity index (χ2v) is 10.7. The largest absolute Gasteiger partial charge is 0.496 e. The highest BCUT2D eigenvalue weighted by molar-refractivity contribution is 5.78. The number of methoxy groups -OCH3 is 2. The highest BCUT2D eigenvalue weighted by Crippen LogP contribution is 2.30. The van der Waals surface area contributed by atoms with E-state index in [0.29, 0.717) is 48.9 Å².